The molecule has 0 aromatic carbocycles. The van der Waals surface area contributed by atoms with E-state index in [2.05, 4.69) is 5.32 Å². The SMILES string of the molecule is O=C1C[C@@H]2CC[C@](C(=O)O)(C2)N1. The van der Waals surface area contributed by atoms with Gasteiger partial charge in [0.1, 0.15) is 5.54 Å². The predicted molar refractivity (Wildman–Crippen MR) is 40.5 cm³/mol. The molecule has 1 aliphatic heterocycles. The number of piperidine rings is 1. The highest BCUT2D eigenvalue weighted by Gasteiger charge is 2.50. The van der Waals surface area contributed by atoms with Gasteiger partial charge in [0, 0.05) is 6.42 Å². The van der Waals surface area contributed by atoms with Crippen molar-refractivity contribution in [2.75, 3.05) is 0 Å². The molecule has 0 spiro atoms. The molecule has 66 valence electrons. The number of hydrogen-bond donors (Lipinski definition) is 2. The predicted octanol–water partition coefficient (Wildman–Crippen LogP) is 0.130. The van der Waals surface area contributed by atoms with Crippen LogP contribution in [0.25, 0.3) is 0 Å². The molecule has 2 rings (SSSR count). The van der Waals surface area contributed by atoms with Crippen molar-refractivity contribution in [2.45, 2.75) is 31.2 Å². The molecule has 1 saturated carbocycles. The molecule has 1 amide bonds. The van der Waals surface area contributed by atoms with Gasteiger partial charge in [0.2, 0.25) is 5.91 Å². The highest BCUT2D eigenvalue weighted by Crippen LogP contribution is 2.39. The molecule has 4 heteroatoms. The van der Waals surface area contributed by atoms with Gasteiger partial charge >= 0.3 is 5.97 Å². The topological polar surface area (TPSA) is 66.4 Å². The number of aliphatic carboxylic acids is 1. The summed E-state index contributed by atoms with van der Waals surface area (Å²) in [7, 11) is 0. The zero-order chi connectivity index (χ0) is 8.77. The summed E-state index contributed by atoms with van der Waals surface area (Å²) in [6.07, 6.45) is 2.59. The van der Waals surface area contributed by atoms with Crippen molar-refractivity contribution in [3.63, 3.8) is 0 Å². The molecule has 0 aromatic heterocycles. The molecule has 1 aliphatic carbocycles. The normalized spacial score (nSPS) is 39.3. The molecule has 2 N–H and O–H groups in total. The van der Waals surface area contributed by atoms with Gasteiger partial charge in [-0.05, 0) is 25.2 Å². The number of carbonyl (C=O) groups is 2. The Morgan fingerprint density at radius 2 is 2.42 bits per heavy atom. The number of rotatable bonds is 1. The van der Waals surface area contributed by atoms with E-state index in [-0.39, 0.29) is 5.91 Å². The van der Waals surface area contributed by atoms with Crippen molar-refractivity contribution in [1.29, 1.82) is 0 Å². The third kappa shape index (κ3) is 0.906. The molecule has 2 fully saturated rings. The van der Waals surface area contributed by atoms with E-state index >= 15 is 0 Å². The molecule has 0 unspecified atom stereocenters. The van der Waals surface area contributed by atoms with Crippen molar-refractivity contribution in [3.05, 3.63) is 0 Å². The lowest BCUT2D eigenvalue weighted by Crippen LogP contribution is -2.55. The van der Waals surface area contributed by atoms with Crippen LogP contribution in [-0.2, 0) is 9.59 Å². The smallest absolute Gasteiger partial charge is 0.329 e. The second-order valence-electron chi connectivity index (χ2n) is 3.75. The highest BCUT2D eigenvalue weighted by molar-refractivity contribution is 5.89. The second kappa shape index (κ2) is 2.21. The van der Waals surface area contributed by atoms with E-state index in [1.807, 2.05) is 0 Å². The van der Waals surface area contributed by atoms with Gasteiger partial charge in [-0.3, -0.25) is 4.79 Å². The summed E-state index contributed by atoms with van der Waals surface area (Å²) in [5, 5.41) is 11.5. The number of carboxylic acids is 1. The first-order chi connectivity index (χ1) is 5.62. The third-order valence-electron chi connectivity index (χ3n) is 2.88. The Balaban J connectivity index is 2.27. The fourth-order valence-electron chi connectivity index (χ4n) is 2.26. The fraction of sp³-hybridized carbons (Fsp3) is 0.750. The minimum absolute atomic E-state index is 0.105. The third-order valence-corrected chi connectivity index (χ3v) is 2.88. The van der Waals surface area contributed by atoms with Gasteiger partial charge in [0.05, 0.1) is 0 Å². The zero-order valence-electron chi connectivity index (χ0n) is 6.67. The van der Waals surface area contributed by atoms with Crippen molar-refractivity contribution in [3.8, 4) is 0 Å². The average molecular weight is 169 g/mol. The Bertz CT molecular complexity index is 251. The Kier molecular flexibility index (Phi) is 1.40. The Hall–Kier alpha value is -1.06. The van der Waals surface area contributed by atoms with E-state index < -0.39 is 11.5 Å². The van der Waals surface area contributed by atoms with Crippen LogP contribution in [0.4, 0.5) is 0 Å². The standard InChI is InChI=1S/C8H11NO3/c10-6-3-5-1-2-8(4-5,9-6)7(11)12/h5H,1-4H2,(H,9,10)(H,11,12)/t5-,8+/m0/s1. The van der Waals surface area contributed by atoms with Crippen LogP contribution in [0.2, 0.25) is 0 Å². The summed E-state index contributed by atoms with van der Waals surface area (Å²) in [6, 6.07) is 0. The summed E-state index contributed by atoms with van der Waals surface area (Å²) in [5.74, 6) is -0.681. The van der Waals surface area contributed by atoms with E-state index in [0.29, 0.717) is 25.2 Å². The van der Waals surface area contributed by atoms with Crippen LogP contribution in [0.5, 0.6) is 0 Å². The molecule has 2 bridgehead atoms. The maximum Gasteiger partial charge on any atom is 0.329 e. The quantitative estimate of drug-likeness (QED) is 0.586. The highest BCUT2D eigenvalue weighted by atomic mass is 16.4. The van der Waals surface area contributed by atoms with Crippen LogP contribution in [0.1, 0.15) is 25.7 Å². The average Bonchev–Trinajstić information content (AvgIpc) is 2.28. The molecular formula is C8H11NO3. The molecule has 0 radical (unpaired) electrons. The van der Waals surface area contributed by atoms with E-state index in [1.165, 1.54) is 0 Å². The van der Waals surface area contributed by atoms with E-state index in [1.54, 1.807) is 0 Å². The van der Waals surface area contributed by atoms with Crippen LogP contribution in [-0.4, -0.2) is 22.5 Å². The lowest BCUT2D eigenvalue weighted by molar-refractivity contribution is -0.148. The van der Waals surface area contributed by atoms with Gasteiger partial charge in [0.15, 0.2) is 0 Å². The molecule has 0 aromatic rings. The molecular weight excluding hydrogens is 158 g/mol. The molecule has 1 saturated heterocycles. The number of carboxylic acid groups (broad SMARTS) is 1. The Morgan fingerprint density at radius 1 is 1.67 bits per heavy atom. The molecule has 2 aliphatic rings. The van der Waals surface area contributed by atoms with Crippen molar-refractivity contribution in [2.24, 2.45) is 5.92 Å². The lowest BCUT2D eigenvalue weighted by atomic mass is 9.90. The van der Waals surface area contributed by atoms with E-state index in [4.69, 9.17) is 5.11 Å². The van der Waals surface area contributed by atoms with Gasteiger partial charge < -0.3 is 10.4 Å². The van der Waals surface area contributed by atoms with Crippen LogP contribution < -0.4 is 5.32 Å². The Labute approximate surface area is 69.9 Å². The van der Waals surface area contributed by atoms with Gasteiger partial charge in [0.25, 0.3) is 0 Å². The van der Waals surface area contributed by atoms with Crippen molar-refractivity contribution >= 4 is 11.9 Å². The number of nitrogens with one attached hydrogen (secondary N) is 1. The van der Waals surface area contributed by atoms with Gasteiger partial charge in [-0.1, -0.05) is 0 Å². The Morgan fingerprint density at radius 3 is 3.08 bits per heavy atom. The summed E-state index contributed by atoms with van der Waals surface area (Å²) in [4.78, 5) is 21.9. The number of amides is 1. The van der Waals surface area contributed by atoms with Crippen LogP contribution in [0, 0.1) is 5.92 Å². The minimum Gasteiger partial charge on any atom is -0.480 e. The first-order valence-corrected chi connectivity index (χ1v) is 4.17. The van der Waals surface area contributed by atoms with Gasteiger partial charge in [-0.15, -0.1) is 0 Å². The summed E-state index contributed by atoms with van der Waals surface area (Å²) >= 11 is 0. The van der Waals surface area contributed by atoms with E-state index in [9.17, 15) is 9.59 Å². The second-order valence-corrected chi connectivity index (χ2v) is 3.75. The van der Waals surface area contributed by atoms with Gasteiger partial charge in [-0.2, -0.15) is 0 Å². The summed E-state index contributed by atoms with van der Waals surface area (Å²) < 4.78 is 0. The summed E-state index contributed by atoms with van der Waals surface area (Å²) in [5.41, 5.74) is -0.917. The van der Waals surface area contributed by atoms with Crippen molar-refractivity contribution < 1.29 is 14.7 Å². The lowest BCUT2D eigenvalue weighted by Gasteiger charge is -2.29. The monoisotopic (exact) mass is 169 g/mol. The van der Waals surface area contributed by atoms with Gasteiger partial charge in [-0.25, -0.2) is 4.79 Å². The first-order valence-electron chi connectivity index (χ1n) is 4.17. The van der Waals surface area contributed by atoms with Crippen molar-refractivity contribution in [1.82, 2.24) is 5.32 Å². The number of carbonyl (C=O) groups excluding carboxylic acids is 1. The molecule has 4 nitrogen and oxygen atoms in total. The maximum absolute atomic E-state index is 11.1. The number of fused-ring (bicyclic) bond motifs is 2. The first kappa shape index (κ1) is 7.58. The molecule has 1 heterocycles. The van der Waals surface area contributed by atoms with E-state index in [0.717, 1.165) is 6.42 Å². The summed E-state index contributed by atoms with van der Waals surface area (Å²) in [6.45, 7) is 0. The maximum atomic E-state index is 11.1. The fourth-order valence-corrected chi connectivity index (χ4v) is 2.26. The largest absolute Gasteiger partial charge is 0.480 e. The van der Waals surface area contributed by atoms with Crippen LogP contribution in [0.15, 0.2) is 0 Å². The minimum atomic E-state index is -0.917. The molecule has 2 atom stereocenters. The van der Waals surface area contributed by atoms with Crippen LogP contribution in [0.3, 0.4) is 0 Å². The zero-order valence-corrected chi connectivity index (χ0v) is 6.67. The number of hydrogen-bond acceptors (Lipinski definition) is 2. The van der Waals surface area contributed by atoms with Crippen LogP contribution >= 0.6 is 0 Å². The molecule has 12 heavy (non-hydrogen) atoms.